The van der Waals surface area contributed by atoms with Gasteiger partial charge in [0.25, 0.3) is 0 Å². The second-order valence-electron chi connectivity index (χ2n) is 4.20. The maximum Gasteiger partial charge on any atom is 0.140 e. The molecular formula is C10H20N4O2. The van der Waals surface area contributed by atoms with Gasteiger partial charge in [-0.25, -0.2) is 9.67 Å². The van der Waals surface area contributed by atoms with Gasteiger partial charge in [-0.05, 0) is 5.92 Å². The highest BCUT2D eigenvalue weighted by Crippen LogP contribution is 2.01. The number of hydrogen-bond acceptors (Lipinski definition) is 5. The summed E-state index contributed by atoms with van der Waals surface area (Å²) in [6, 6.07) is -0.302. The lowest BCUT2D eigenvalue weighted by Crippen LogP contribution is -2.36. The van der Waals surface area contributed by atoms with E-state index >= 15 is 0 Å². The standard InChI is InChI=1S/C10H20N4O2/c1-8(2)4-14-10(12-7-13-14)3-11-9(5-15)6-16/h7-9,11,15-16H,3-6H2,1-2H3. The molecule has 0 unspecified atom stereocenters. The minimum atomic E-state index is -0.302. The summed E-state index contributed by atoms with van der Waals surface area (Å²) in [7, 11) is 0. The van der Waals surface area contributed by atoms with Crippen LogP contribution >= 0.6 is 0 Å². The third kappa shape index (κ3) is 3.88. The maximum absolute atomic E-state index is 8.90. The summed E-state index contributed by atoms with van der Waals surface area (Å²) in [5, 5.41) is 24.9. The normalized spacial score (nSPS) is 11.6. The predicted octanol–water partition coefficient (Wildman–Crippen LogP) is -0.623. The van der Waals surface area contributed by atoms with Crippen molar-refractivity contribution in [2.24, 2.45) is 5.92 Å². The van der Waals surface area contributed by atoms with E-state index in [-0.39, 0.29) is 19.3 Å². The first-order valence-corrected chi connectivity index (χ1v) is 5.49. The largest absolute Gasteiger partial charge is 0.395 e. The second-order valence-corrected chi connectivity index (χ2v) is 4.20. The Morgan fingerprint density at radius 3 is 2.62 bits per heavy atom. The molecule has 3 N–H and O–H groups in total. The van der Waals surface area contributed by atoms with Crippen LogP contribution in [0, 0.1) is 5.92 Å². The van der Waals surface area contributed by atoms with E-state index in [1.165, 1.54) is 6.33 Å². The Morgan fingerprint density at radius 2 is 2.06 bits per heavy atom. The van der Waals surface area contributed by atoms with Crippen molar-refractivity contribution in [2.45, 2.75) is 33.0 Å². The van der Waals surface area contributed by atoms with Crippen LogP contribution < -0.4 is 5.32 Å². The van der Waals surface area contributed by atoms with Crippen molar-refractivity contribution >= 4 is 0 Å². The number of aliphatic hydroxyl groups is 2. The summed E-state index contributed by atoms with van der Waals surface area (Å²) >= 11 is 0. The quantitative estimate of drug-likeness (QED) is 0.579. The number of aromatic nitrogens is 3. The van der Waals surface area contributed by atoms with Crippen molar-refractivity contribution in [3.05, 3.63) is 12.2 Å². The van der Waals surface area contributed by atoms with Gasteiger partial charge in [0.1, 0.15) is 12.2 Å². The number of nitrogens with one attached hydrogen (secondary N) is 1. The molecule has 0 radical (unpaired) electrons. The molecule has 0 aliphatic heterocycles. The summed E-state index contributed by atoms with van der Waals surface area (Å²) in [6.07, 6.45) is 1.52. The SMILES string of the molecule is CC(C)Cn1ncnc1CNC(CO)CO. The molecule has 1 heterocycles. The predicted molar refractivity (Wildman–Crippen MR) is 59.7 cm³/mol. The summed E-state index contributed by atoms with van der Waals surface area (Å²) in [5.41, 5.74) is 0. The van der Waals surface area contributed by atoms with E-state index in [2.05, 4.69) is 29.2 Å². The molecule has 0 bridgehead atoms. The van der Waals surface area contributed by atoms with Crippen molar-refractivity contribution in [3.63, 3.8) is 0 Å². The smallest absolute Gasteiger partial charge is 0.140 e. The Kier molecular flexibility index (Phi) is 5.37. The van der Waals surface area contributed by atoms with E-state index in [0.717, 1.165) is 12.4 Å². The van der Waals surface area contributed by atoms with Gasteiger partial charge in [-0.15, -0.1) is 0 Å². The lowest BCUT2D eigenvalue weighted by atomic mass is 10.2. The number of aliphatic hydroxyl groups excluding tert-OH is 2. The van der Waals surface area contributed by atoms with Gasteiger partial charge in [0.05, 0.1) is 25.8 Å². The molecule has 0 aliphatic carbocycles. The Bertz CT molecular complexity index is 297. The van der Waals surface area contributed by atoms with Crippen LogP contribution in [0.1, 0.15) is 19.7 Å². The molecule has 1 aromatic rings. The molecule has 16 heavy (non-hydrogen) atoms. The summed E-state index contributed by atoms with van der Waals surface area (Å²) < 4.78 is 1.84. The minimum absolute atomic E-state index is 0.0885. The molecule has 1 rings (SSSR count). The Labute approximate surface area is 95.3 Å². The average Bonchev–Trinajstić information content (AvgIpc) is 2.66. The van der Waals surface area contributed by atoms with E-state index in [1.807, 2.05) is 4.68 Å². The average molecular weight is 228 g/mol. The zero-order chi connectivity index (χ0) is 12.0. The molecule has 0 spiro atoms. The molecule has 0 saturated heterocycles. The minimum Gasteiger partial charge on any atom is -0.395 e. The third-order valence-corrected chi connectivity index (χ3v) is 2.22. The zero-order valence-electron chi connectivity index (χ0n) is 9.80. The Hall–Kier alpha value is -0.980. The van der Waals surface area contributed by atoms with E-state index in [1.54, 1.807) is 0 Å². The topological polar surface area (TPSA) is 83.2 Å². The lowest BCUT2D eigenvalue weighted by Gasteiger charge is -2.14. The fourth-order valence-electron chi connectivity index (χ4n) is 1.35. The van der Waals surface area contributed by atoms with Crippen LogP contribution in [-0.4, -0.2) is 44.2 Å². The van der Waals surface area contributed by atoms with Crippen molar-refractivity contribution in [3.8, 4) is 0 Å². The first-order chi connectivity index (χ1) is 7.67. The maximum atomic E-state index is 8.90. The van der Waals surface area contributed by atoms with Gasteiger partial charge in [-0.1, -0.05) is 13.8 Å². The third-order valence-electron chi connectivity index (χ3n) is 2.22. The molecule has 0 atom stereocenters. The first-order valence-electron chi connectivity index (χ1n) is 5.49. The molecule has 0 aliphatic rings. The lowest BCUT2D eigenvalue weighted by molar-refractivity contribution is 0.169. The van der Waals surface area contributed by atoms with Gasteiger partial charge in [-0.3, -0.25) is 0 Å². The Balaban J connectivity index is 2.50. The van der Waals surface area contributed by atoms with E-state index in [4.69, 9.17) is 10.2 Å². The van der Waals surface area contributed by atoms with E-state index in [9.17, 15) is 0 Å². The van der Waals surface area contributed by atoms with Crippen LogP contribution in [0.3, 0.4) is 0 Å². The van der Waals surface area contributed by atoms with E-state index < -0.39 is 0 Å². The molecular weight excluding hydrogens is 208 g/mol. The molecule has 0 fully saturated rings. The molecule has 6 nitrogen and oxygen atoms in total. The van der Waals surface area contributed by atoms with E-state index in [0.29, 0.717) is 12.5 Å². The second kappa shape index (κ2) is 6.57. The fourth-order valence-corrected chi connectivity index (χ4v) is 1.35. The van der Waals surface area contributed by atoms with Crippen LogP contribution in [0.5, 0.6) is 0 Å². The fraction of sp³-hybridized carbons (Fsp3) is 0.800. The van der Waals surface area contributed by atoms with Gasteiger partial charge < -0.3 is 15.5 Å². The molecule has 6 heteroatoms. The van der Waals surface area contributed by atoms with Gasteiger partial charge in [-0.2, -0.15) is 5.10 Å². The zero-order valence-corrected chi connectivity index (χ0v) is 9.80. The molecule has 0 saturated carbocycles. The van der Waals surface area contributed by atoms with Crippen LogP contribution in [0.15, 0.2) is 6.33 Å². The number of rotatable bonds is 7. The highest BCUT2D eigenvalue weighted by atomic mass is 16.3. The van der Waals surface area contributed by atoms with Crippen molar-refractivity contribution in [2.75, 3.05) is 13.2 Å². The van der Waals surface area contributed by atoms with Gasteiger partial charge in [0, 0.05) is 6.54 Å². The summed E-state index contributed by atoms with van der Waals surface area (Å²) in [5.74, 6) is 1.33. The molecule has 1 aromatic heterocycles. The van der Waals surface area contributed by atoms with Crippen LogP contribution in [-0.2, 0) is 13.1 Å². The van der Waals surface area contributed by atoms with Gasteiger partial charge in [0.2, 0.25) is 0 Å². The monoisotopic (exact) mass is 228 g/mol. The number of nitrogens with zero attached hydrogens (tertiary/aromatic N) is 3. The Morgan fingerprint density at radius 1 is 1.38 bits per heavy atom. The number of hydrogen-bond donors (Lipinski definition) is 3. The molecule has 92 valence electrons. The van der Waals surface area contributed by atoms with Crippen LogP contribution in [0.4, 0.5) is 0 Å². The highest BCUT2D eigenvalue weighted by molar-refractivity contribution is 4.85. The van der Waals surface area contributed by atoms with Crippen molar-refractivity contribution < 1.29 is 10.2 Å². The van der Waals surface area contributed by atoms with Crippen molar-refractivity contribution in [1.29, 1.82) is 0 Å². The molecule has 0 amide bonds. The molecule has 0 aromatic carbocycles. The van der Waals surface area contributed by atoms with Crippen LogP contribution in [0.2, 0.25) is 0 Å². The summed E-state index contributed by atoms with van der Waals surface area (Å²) in [6.45, 7) is 5.37. The van der Waals surface area contributed by atoms with Gasteiger partial charge in [0.15, 0.2) is 0 Å². The first kappa shape index (κ1) is 13.1. The highest BCUT2D eigenvalue weighted by Gasteiger charge is 2.09. The van der Waals surface area contributed by atoms with Gasteiger partial charge >= 0.3 is 0 Å². The van der Waals surface area contributed by atoms with Crippen LogP contribution in [0.25, 0.3) is 0 Å². The summed E-state index contributed by atoms with van der Waals surface area (Å²) in [4.78, 5) is 4.14. The van der Waals surface area contributed by atoms with Crippen molar-refractivity contribution in [1.82, 2.24) is 20.1 Å².